The molecule has 2 aliphatic rings. The van der Waals surface area contributed by atoms with Gasteiger partial charge in [-0.15, -0.1) is 0 Å². The van der Waals surface area contributed by atoms with Gasteiger partial charge in [-0.1, -0.05) is 43.2 Å². The highest BCUT2D eigenvalue weighted by Crippen LogP contribution is 2.45. The Morgan fingerprint density at radius 3 is 2.00 bits per heavy atom. The normalized spacial score (nSPS) is 22.4. The lowest BCUT2D eigenvalue weighted by atomic mass is 9.64. The van der Waals surface area contributed by atoms with E-state index in [1.165, 1.54) is 6.92 Å². The molecule has 2 fully saturated rings. The van der Waals surface area contributed by atoms with Crippen molar-refractivity contribution in [1.29, 1.82) is 0 Å². The highest BCUT2D eigenvalue weighted by Gasteiger charge is 2.55. The van der Waals surface area contributed by atoms with Crippen molar-refractivity contribution in [3.63, 3.8) is 0 Å². The Hall–Kier alpha value is -2.59. The Balaban J connectivity index is 1.76. The standard InChI is InChI=1S/C34H56BN3O6/c1-24(39)36-34(28(40)37-30(2,3)4,19-15-16-20-35-43-32(8,9)33(10,11)44-35)26-21-27(22-26)38(31(5,6)7)29(41)42-23-25-17-13-12-14-18-25/h12-14,17-18,26-27H,15-16,19-23H2,1-11H3,(H,36,39)(H,37,40). The second kappa shape index (κ2) is 13.4. The maximum atomic E-state index is 14.1. The number of unbranched alkanes of at least 4 members (excludes halogenated alkanes) is 1. The quantitative estimate of drug-likeness (QED) is 0.226. The molecule has 1 aliphatic heterocycles. The van der Waals surface area contributed by atoms with Crippen LogP contribution in [0.25, 0.3) is 0 Å². The summed E-state index contributed by atoms with van der Waals surface area (Å²) in [6, 6.07) is 9.49. The van der Waals surface area contributed by atoms with Gasteiger partial charge < -0.3 is 29.6 Å². The smallest absolute Gasteiger partial charge is 0.445 e. The molecule has 1 unspecified atom stereocenters. The Morgan fingerprint density at radius 1 is 0.932 bits per heavy atom. The molecule has 44 heavy (non-hydrogen) atoms. The van der Waals surface area contributed by atoms with E-state index < -0.39 is 27.8 Å². The zero-order chi connectivity index (χ0) is 33.1. The third-order valence-electron chi connectivity index (χ3n) is 9.16. The van der Waals surface area contributed by atoms with Crippen LogP contribution in [0.3, 0.4) is 0 Å². The van der Waals surface area contributed by atoms with Crippen molar-refractivity contribution in [2.45, 2.75) is 155 Å². The predicted octanol–water partition coefficient (Wildman–Crippen LogP) is 6.25. The van der Waals surface area contributed by atoms with E-state index in [1.54, 1.807) is 4.90 Å². The minimum absolute atomic E-state index is 0.122. The summed E-state index contributed by atoms with van der Waals surface area (Å²) < 4.78 is 18.1. The number of hydrogen-bond acceptors (Lipinski definition) is 6. The monoisotopic (exact) mass is 613 g/mol. The Labute approximate surface area is 265 Å². The van der Waals surface area contributed by atoms with Gasteiger partial charge in [0, 0.05) is 24.0 Å². The summed E-state index contributed by atoms with van der Waals surface area (Å²) >= 11 is 0. The number of benzene rings is 1. The maximum Gasteiger partial charge on any atom is 0.457 e. The van der Waals surface area contributed by atoms with Crippen molar-refractivity contribution in [3.05, 3.63) is 35.9 Å². The minimum Gasteiger partial charge on any atom is -0.445 e. The van der Waals surface area contributed by atoms with E-state index in [0.29, 0.717) is 32.0 Å². The van der Waals surface area contributed by atoms with Crippen LogP contribution in [0.2, 0.25) is 6.32 Å². The molecule has 1 aromatic carbocycles. The highest BCUT2D eigenvalue weighted by atomic mass is 16.7. The molecule has 10 heteroatoms. The van der Waals surface area contributed by atoms with Gasteiger partial charge in [0.2, 0.25) is 11.8 Å². The molecular formula is C34H56BN3O6. The predicted molar refractivity (Wildman–Crippen MR) is 174 cm³/mol. The van der Waals surface area contributed by atoms with Gasteiger partial charge in [0.1, 0.15) is 12.1 Å². The minimum atomic E-state index is -1.11. The molecule has 0 radical (unpaired) electrons. The molecule has 9 nitrogen and oxygen atoms in total. The first kappa shape index (κ1) is 35.9. The molecule has 1 aliphatic carbocycles. The molecule has 3 rings (SSSR count). The van der Waals surface area contributed by atoms with Gasteiger partial charge in [0.25, 0.3) is 0 Å². The molecule has 0 aromatic heterocycles. The Morgan fingerprint density at radius 2 is 1.50 bits per heavy atom. The van der Waals surface area contributed by atoms with Crippen LogP contribution in [0.1, 0.15) is 114 Å². The van der Waals surface area contributed by atoms with Crippen LogP contribution in [0.5, 0.6) is 0 Å². The number of nitrogens with zero attached hydrogens (tertiary/aromatic N) is 1. The number of carbonyl (C=O) groups excluding carboxylic acids is 3. The van der Waals surface area contributed by atoms with E-state index in [4.69, 9.17) is 14.0 Å². The van der Waals surface area contributed by atoms with Gasteiger partial charge in [-0.2, -0.15) is 0 Å². The average molecular weight is 614 g/mol. The fraction of sp³-hybridized carbons (Fsp3) is 0.735. The lowest BCUT2D eigenvalue weighted by Crippen LogP contribution is -2.69. The lowest BCUT2D eigenvalue weighted by molar-refractivity contribution is -0.141. The largest absolute Gasteiger partial charge is 0.457 e. The third kappa shape index (κ3) is 8.78. The van der Waals surface area contributed by atoms with Crippen molar-refractivity contribution in [1.82, 2.24) is 15.5 Å². The number of nitrogens with one attached hydrogen (secondary N) is 2. The number of rotatable bonds is 11. The van der Waals surface area contributed by atoms with E-state index in [-0.39, 0.29) is 43.6 Å². The summed E-state index contributed by atoms with van der Waals surface area (Å²) in [5, 5.41) is 6.24. The first-order valence-corrected chi connectivity index (χ1v) is 16.1. The van der Waals surface area contributed by atoms with Crippen LogP contribution >= 0.6 is 0 Å². The highest BCUT2D eigenvalue weighted by molar-refractivity contribution is 6.45. The van der Waals surface area contributed by atoms with Gasteiger partial charge in [-0.25, -0.2) is 4.79 Å². The van der Waals surface area contributed by atoms with Crippen molar-refractivity contribution in [3.8, 4) is 0 Å². The van der Waals surface area contributed by atoms with Gasteiger partial charge in [-0.3, -0.25) is 9.59 Å². The van der Waals surface area contributed by atoms with Gasteiger partial charge in [-0.05, 0) is 106 Å². The number of amides is 3. The maximum absolute atomic E-state index is 14.1. The van der Waals surface area contributed by atoms with Gasteiger partial charge >= 0.3 is 13.2 Å². The SMILES string of the molecule is CC(=O)NC(CCCCB1OC(C)(C)C(C)(C)O1)(C(=O)NC(C)(C)C)C1CC(N(C(=O)OCc2ccccc2)C(C)(C)C)C1. The van der Waals surface area contributed by atoms with Crippen molar-refractivity contribution >= 4 is 25.0 Å². The summed E-state index contributed by atoms with van der Waals surface area (Å²) in [5.74, 6) is -0.589. The topological polar surface area (TPSA) is 106 Å². The zero-order valence-corrected chi connectivity index (χ0v) is 29.0. The third-order valence-corrected chi connectivity index (χ3v) is 9.16. The fourth-order valence-corrected chi connectivity index (χ4v) is 6.25. The molecule has 0 bridgehead atoms. The summed E-state index contributed by atoms with van der Waals surface area (Å²) in [6.07, 6.45) is 3.42. The van der Waals surface area contributed by atoms with E-state index in [0.717, 1.165) is 12.0 Å². The second-order valence-corrected chi connectivity index (χ2v) is 15.7. The van der Waals surface area contributed by atoms with Crippen LogP contribution in [-0.4, -0.2) is 63.8 Å². The van der Waals surface area contributed by atoms with Gasteiger partial charge in [0.05, 0.1) is 11.2 Å². The molecule has 246 valence electrons. The Bertz CT molecular complexity index is 1140. The van der Waals surface area contributed by atoms with Crippen molar-refractivity contribution in [2.75, 3.05) is 0 Å². The molecule has 3 amide bonds. The molecule has 1 atom stereocenters. The molecule has 0 spiro atoms. The van der Waals surface area contributed by atoms with Crippen LogP contribution in [0.4, 0.5) is 4.79 Å². The summed E-state index contributed by atoms with van der Waals surface area (Å²) in [4.78, 5) is 41.9. The van der Waals surface area contributed by atoms with E-state index >= 15 is 0 Å². The van der Waals surface area contributed by atoms with Crippen LogP contribution < -0.4 is 10.6 Å². The lowest BCUT2D eigenvalue weighted by Gasteiger charge is -2.54. The van der Waals surface area contributed by atoms with Crippen molar-refractivity contribution < 1.29 is 28.4 Å². The summed E-state index contributed by atoms with van der Waals surface area (Å²) in [5.41, 5.74) is -1.95. The summed E-state index contributed by atoms with van der Waals surface area (Å²) in [6.45, 7) is 21.6. The van der Waals surface area contributed by atoms with Crippen LogP contribution in [-0.2, 0) is 30.2 Å². The fourth-order valence-electron chi connectivity index (χ4n) is 6.25. The molecule has 1 aromatic rings. The van der Waals surface area contributed by atoms with Crippen LogP contribution in [0, 0.1) is 5.92 Å². The molecule has 1 saturated heterocycles. The Kier molecular flexibility index (Phi) is 10.9. The molecule has 1 heterocycles. The molecule has 1 saturated carbocycles. The van der Waals surface area contributed by atoms with Crippen LogP contribution in [0.15, 0.2) is 30.3 Å². The number of carbonyl (C=O) groups is 3. The zero-order valence-electron chi connectivity index (χ0n) is 29.0. The van der Waals surface area contributed by atoms with E-state index in [2.05, 4.69) is 10.6 Å². The van der Waals surface area contributed by atoms with Crippen molar-refractivity contribution in [2.24, 2.45) is 5.92 Å². The first-order chi connectivity index (χ1) is 20.2. The first-order valence-electron chi connectivity index (χ1n) is 16.1. The number of ether oxygens (including phenoxy) is 1. The number of hydrogen-bond donors (Lipinski definition) is 2. The van der Waals surface area contributed by atoms with E-state index in [1.807, 2.05) is 99.6 Å². The average Bonchev–Trinajstić information content (AvgIpc) is 3.05. The second-order valence-electron chi connectivity index (χ2n) is 15.7. The molecule has 2 N–H and O–H groups in total. The van der Waals surface area contributed by atoms with Gasteiger partial charge in [0.15, 0.2) is 0 Å². The molecular weight excluding hydrogens is 557 g/mol. The summed E-state index contributed by atoms with van der Waals surface area (Å²) in [7, 11) is -0.311. The van der Waals surface area contributed by atoms with E-state index in [9.17, 15) is 14.4 Å².